The van der Waals surface area contributed by atoms with Gasteiger partial charge in [0.15, 0.2) is 0 Å². The zero-order chi connectivity index (χ0) is 12.5. The Kier molecular flexibility index (Phi) is 3.48. The molecule has 0 aliphatic carbocycles. The Morgan fingerprint density at radius 2 is 2.06 bits per heavy atom. The summed E-state index contributed by atoms with van der Waals surface area (Å²) in [7, 11) is 0. The van der Waals surface area contributed by atoms with Crippen LogP contribution in [0.5, 0.6) is 0 Å². The molecule has 0 saturated carbocycles. The van der Waals surface area contributed by atoms with Gasteiger partial charge in [-0.15, -0.1) is 0 Å². The normalized spacial score (nSPS) is 14.8. The van der Waals surface area contributed by atoms with Gasteiger partial charge < -0.3 is 10.8 Å². The minimum Gasteiger partial charge on any atom is -0.481 e. The zero-order valence-corrected chi connectivity index (χ0v) is 10.4. The number of nitrogens with two attached hydrogens (primary N) is 1. The van der Waals surface area contributed by atoms with E-state index in [4.69, 9.17) is 17.3 Å². The molecular formula is C12H16ClNO2. The van der Waals surface area contributed by atoms with Crippen LogP contribution in [0.1, 0.15) is 26.3 Å². The maximum Gasteiger partial charge on any atom is 0.314 e. The van der Waals surface area contributed by atoms with Gasteiger partial charge in [-0.05, 0) is 24.5 Å². The number of aliphatic carboxylic acids is 1. The fraction of sp³-hybridized carbons (Fsp3) is 0.417. The molecule has 0 spiro atoms. The first-order chi connectivity index (χ1) is 7.31. The van der Waals surface area contributed by atoms with E-state index in [-0.39, 0.29) is 5.92 Å². The van der Waals surface area contributed by atoms with Gasteiger partial charge in [-0.2, -0.15) is 0 Å². The summed E-state index contributed by atoms with van der Waals surface area (Å²) in [6, 6.07) is 5.09. The van der Waals surface area contributed by atoms with Crippen molar-refractivity contribution >= 4 is 23.3 Å². The molecule has 0 aromatic heterocycles. The molecule has 0 fully saturated rings. The number of anilines is 1. The summed E-state index contributed by atoms with van der Waals surface area (Å²) in [6.45, 7) is 5.38. The molecule has 3 N–H and O–H groups in total. The molecule has 0 heterocycles. The smallest absolute Gasteiger partial charge is 0.314 e. The van der Waals surface area contributed by atoms with Crippen molar-refractivity contribution in [2.24, 2.45) is 5.92 Å². The fourth-order valence-electron chi connectivity index (χ4n) is 1.66. The molecule has 0 amide bonds. The molecular weight excluding hydrogens is 226 g/mol. The molecule has 1 unspecified atom stereocenters. The molecule has 0 aliphatic rings. The second-order valence-corrected chi connectivity index (χ2v) is 4.77. The van der Waals surface area contributed by atoms with E-state index in [2.05, 4.69) is 0 Å². The monoisotopic (exact) mass is 241 g/mol. The Hall–Kier alpha value is -1.22. The van der Waals surface area contributed by atoms with Crippen molar-refractivity contribution in [2.75, 3.05) is 5.73 Å². The maximum absolute atomic E-state index is 11.4. The summed E-state index contributed by atoms with van der Waals surface area (Å²) in [5, 5.41) is 9.77. The highest BCUT2D eigenvalue weighted by molar-refractivity contribution is 6.33. The number of carboxylic acid groups (broad SMARTS) is 1. The third-order valence-corrected chi connectivity index (χ3v) is 3.54. The minimum atomic E-state index is -1.02. The molecule has 88 valence electrons. The minimum absolute atomic E-state index is 0.0780. The number of benzene rings is 1. The summed E-state index contributed by atoms with van der Waals surface area (Å²) in [6.07, 6.45) is 0. The molecule has 16 heavy (non-hydrogen) atoms. The van der Waals surface area contributed by atoms with E-state index in [0.29, 0.717) is 16.3 Å². The first-order valence-corrected chi connectivity index (χ1v) is 5.47. The SMILES string of the molecule is CC(C)C(C)(C(=O)O)c1cccc(Cl)c1N. The molecule has 1 aromatic carbocycles. The number of para-hydroxylation sites is 1. The highest BCUT2D eigenvalue weighted by atomic mass is 35.5. The lowest BCUT2D eigenvalue weighted by Gasteiger charge is -2.31. The highest BCUT2D eigenvalue weighted by Gasteiger charge is 2.40. The van der Waals surface area contributed by atoms with Crippen LogP contribution in [0.15, 0.2) is 18.2 Å². The average molecular weight is 242 g/mol. The number of hydrogen-bond donors (Lipinski definition) is 2. The summed E-state index contributed by atoms with van der Waals surface area (Å²) >= 11 is 5.91. The first kappa shape index (κ1) is 12.8. The fourth-order valence-corrected chi connectivity index (χ4v) is 1.84. The lowest BCUT2D eigenvalue weighted by atomic mass is 9.73. The molecule has 1 atom stereocenters. The topological polar surface area (TPSA) is 63.3 Å². The number of nitrogen functional groups attached to an aromatic ring is 1. The van der Waals surface area contributed by atoms with Crippen LogP contribution in [0.3, 0.4) is 0 Å². The second kappa shape index (κ2) is 4.34. The van der Waals surface area contributed by atoms with Crippen LogP contribution in [0.2, 0.25) is 5.02 Å². The Bertz CT molecular complexity index is 417. The quantitative estimate of drug-likeness (QED) is 0.800. The van der Waals surface area contributed by atoms with Gasteiger partial charge in [-0.1, -0.05) is 37.6 Å². The van der Waals surface area contributed by atoms with Crippen LogP contribution in [0.25, 0.3) is 0 Å². The van der Waals surface area contributed by atoms with Gasteiger partial charge in [0.05, 0.1) is 16.1 Å². The third kappa shape index (κ3) is 1.87. The highest BCUT2D eigenvalue weighted by Crippen LogP contribution is 2.38. The number of carboxylic acids is 1. The van der Waals surface area contributed by atoms with Gasteiger partial charge in [0.2, 0.25) is 0 Å². The van der Waals surface area contributed by atoms with E-state index in [1.807, 2.05) is 13.8 Å². The van der Waals surface area contributed by atoms with Gasteiger partial charge >= 0.3 is 5.97 Å². The van der Waals surface area contributed by atoms with Gasteiger partial charge in [-0.25, -0.2) is 0 Å². The van der Waals surface area contributed by atoms with Crippen LogP contribution in [-0.4, -0.2) is 11.1 Å². The van der Waals surface area contributed by atoms with Crippen molar-refractivity contribution in [3.05, 3.63) is 28.8 Å². The van der Waals surface area contributed by atoms with Gasteiger partial charge in [0, 0.05) is 0 Å². The van der Waals surface area contributed by atoms with Crippen LogP contribution >= 0.6 is 11.6 Å². The molecule has 0 radical (unpaired) electrons. The maximum atomic E-state index is 11.4. The van der Waals surface area contributed by atoms with Crippen LogP contribution in [0.4, 0.5) is 5.69 Å². The van der Waals surface area contributed by atoms with E-state index in [1.54, 1.807) is 25.1 Å². The lowest BCUT2D eigenvalue weighted by molar-refractivity contribution is -0.144. The van der Waals surface area contributed by atoms with E-state index in [0.717, 1.165) is 0 Å². The van der Waals surface area contributed by atoms with Crippen LogP contribution in [0, 0.1) is 5.92 Å². The van der Waals surface area contributed by atoms with E-state index < -0.39 is 11.4 Å². The van der Waals surface area contributed by atoms with Gasteiger partial charge in [0.25, 0.3) is 0 Å². The molecule has 4 heteroatoms. The van der Waals surface area contributed by atoms with Gasteiger partial charge in [-0.3, -0.25) is 4.79 Å². The van der Waals surface area contributed by atoms with Crippen molar-refractivity contribution in [3.63, 3.8) is 0 Å². The zero-order valence-electron chi connectivity index (χ0n) is 9.62. The second-order valence-electron chi connectivity index (χ2n) is 4.36. The first-order valence-electron chi connectivity index (χ1n) is 5.09. The summed E-state index contributed by atoms with van der Waals surface area (Å²) in [4.78, 5) is 11.4. The Labute approximate surface area is 100 Å². The van der Waals surface area contributed by atoms with Crippen molar-refractivity contribution in [2.45, 2.75) is 26.2 Å². The summed E-state index contributed by atoms with van der Waals surface area (Å²) in [5.74, 6) is -0.970. The van der Waals surface area contributed by atoms with Crippen molar-refractivity contribution in [1.29, 1.82) is 0 Å². The molecule has 0 aliphatic heterocycles. The molecule has 0 bridgehead atoms. The molecule has 1 aromatic rings. The summed E-state index contributed by atoms with van der Waals surface area (Å²) < 4.78 is 0. The largest absolute Gasteiger partial charge is 0.481 e. The Morgan fingerprint density at radius 1 is 1.50 bits per heavy atom. The Balaban J connectivity index is 3.44. The standard InChI is InChI=1S/C12H16ClNO2/c1-7(2)12(3,11(15)16)8-5-4-6-9(13)10(8)14/h4-7H,14H2,1-3H3,(H,15,16). The summed E-state index contributed by atoms with van der Waals surface area (Å²) in [5.41, 5.74) is 5.75. The van der Waals surface area contributed by atoms with Crippen molar-refractivity contribution in [3.8, 4) is 0 Å². The number of rotatable bonds is 3. The predicted octanol–water partition coefficient (Wildman–Crippen LogP) is 2.92. The van der Waals surface area contributed by atoms with Crippen molar-refractivity contribution in [1.82, 2.24) is 0 Å². The van der Waals surface area contributed by atoms with E-state index in [1.165, 1.54) is 0 Å². The lowest BCUT2D eigenvalue weighted by Crippen LogP contribution is -2.38. The molecule has 0 saturated heterocycles. The average Bonchev–Trinajstić information content (AvgIpc) is 2.20. The van der Waals surface area contributed by atoms with Crippen LogP contribution in [-0.2, 0) is 10.2 Å². The van der Waals surface area contributed by atoms with E-state index in [9.17, 15) is 9.90 Å². The Morgan fingerprint density at radius 3 is 2.50 bits per heavy atom. The third-order valence-electron chi connectivity index (χ3n) is 3.21. The number of carbonyl (C=O) groups is 1. The molecule has 3 nitrogen and oxygen atoms in total. The predicted molar refractivity (Wildman–Crippen MR) is 65.7 cm³/mol. The van der Waals surface area contributed by atoms with Crippen molar-refractivity contribution < 1.29 is 9.90 Å². The van der Waals surface area contributed by atoms with Gasteiger partial charge in [0.1, 0.15) is 0 Å². The number of hydrogen-bond acceptors (Lipinski definition) is 2. The van der Waals surface area contributed by atoms with E-state index >= 15 is 0 Å². The molecule has 1 rings (SSSR count). The number of halogens is 1. The van der Waals surface area contributed by atoms with Crippen LogP contribution < -0.4 is 5.73 Å².